The highest BCUT2D eigenvalue weighted by Crippen LogP contribution is 2.31. The summed E-state index contributed by atoms with van der Waals surface area (Å²) in [5.74, 6) is 0. The lowest BCUT2D eigenvalue weighted by Crippen LogP contribution is -2.25. The normalized spacial score (nSPS) is 10.7. The Morgan fingerprint density at radius 1 is 0.824 bits per heavy atom. The van der Waals surface area contributed by atoms with Crippen molar-refractivity contribution < 1.29 is 4.39 Å². The van der Waals surface area contributed by atoms with E-state index in [0.29, 0.717) is 0 Å². The van der Waals surface area contributed by atoms with Gasteiger partial charge in [0.15, 0.2) is 0 Å². The van der Waals surface area contributed by atoms with Crippen molar-refractivity contribution in [2.45, 2.75) is 12.3 Å². The van der Waals surface area contributed by atoms with Crippen LogP contribution in [0.3, 0.4) is 0 Å². The van der Waals surface area contributed by atoms with E-state index in [2.05, 4.69) is 0 Å². The zero-order valence-electron chi connectivity index (χ0n) is 9.77. The van der Waals surface area contributed by atoms with Crippen molar-refractivity contribution in [2.75, 3.05) is 6.67 Å². The van der Waals surface area contributed by atoms with Gasteiger partial charge in [0.25, 0.3) is 0 Å². The molecule has 0 N–H and O–H groups in total. The summed E-state index contributed by atoms with van der Waals surface area (Å²) in [4.78, 5) is 0. The van der Waals surface area contributed by atoms with E-state index < -0.39 is 5.41 Å². The van der Waals surface area contributed by atoms with Crippen molar-refractivity contribution in [3.63, 3.8) is 0 Å². The maximum absolute atomic E-state index is 13.4. The third kappa shape index (κ3) is 2.67. The van der Waals surface area contributed by atoms with Gasteiger partial charge in [-0.25, -0.2) is 4.39 Å². The molecule has 0 nitrogen and oxygen atoms in total. The predicted octanol–water partition coefficient (Wildman–Crippen LogP) is 4.38. The van der Waals surface area contributed by atoms with Crippen LogP contribution in [-0.2, 0) is 5.41 Å². The average molecular weight is 251 g/mol. The molecular formula is C15H16ClF. The monoisotopic (exact) mass is 250 g/mol. The van der Waals surface area contributed by atoms with E-state index in [4.69, 9.17) is 0 Å². The minimum atomic E-state index is -0.539. The minimum absolute atomic E-state index is 0. The second-order valence-corrected chi connectivity index (χ2v) is 4.20. The lowest BCUT2D eigenvalue weighted by molar-refractivity contribution is 0.373. The number of rotatable bonds is 3. The van der Waals surface area contributed by atoms with Gasteiger partial charge in [0.05, 0.1) is 0 Å². The first-order valence-corrected chi connectivity index (χ1v) is 5.44. The molecule has 0 heterocycles. The standard InChI is InChI=1S/C15H15F.ClH/c1-15(12-16,13-8-4-2-5-9-13)14-10-6-3-7-11-14;/h2-11H,12H2,1H3;1H. The molecule has 0 aliphatic carbocycles. The Labute approximate surface area is 108 Å². The van der Waals surface area contributed by atoms with Crippen LogP contribution in [0.25, 0.3) is 0 Å². The molecular weight excluding hydrogens is 235 g/mol. The van der Waals surface area contributed by atoms with E-state index in [-0.39, 0.29) is 19.1 Å². The summed E-state index contributed by atoms with van der Waals surface area (Å²) in [6, 6.07) is 19.6. The largest absolute Gasteiger partial charge is 0.250 e. The Kier molecular flexibility index (Phi) is 4.71. The summed E-state index contributed by atoms with van der Waals surface area (Å²) in [6.45, 7) is 1.55. The van der Waals surface area contributed by atoms with E-state index in [0.717, 1.165) is 11.1 Å². The van der Waals surface area contributed by atoms with Gasteiger partial charge >= 0.3 is 0 Å². The van der Waals surface area contributed by atoms with Crippen molar-refractivity contribution in [1.29, 1.82) is 0 Å². The zero-order valence-corrected chi connectivity index (χ0v) is 10.6. The van der Waals surface area contributed by atoms with Gasteiger partial charge in [-0.1, -0.05) is 60.7 Å². The van der Waals surface area contributed by atoms with Gasteiger partial charge in [-0.05, 0) is 18.1 Å². The third-order valence-electron chi connectivity index (χ3n) is 3.09. The van der Waals surface area contributed by atoms with E-state index in [1.54, 1.807) is 0 Å². The molecule has 2 rings (SSSR count). The fraction of sp³-hybridized carbons (Fsp3) is 0.200. The molecule has 0 saturated heterocycles. The summed E-state index contributed by atoms with van der Waals surface area (Å²) in [5.41, 5.74) is 1.50. The van der Waals surface area contributed by atoms with Crippen molar-refractivity contribution in [1.82, 2.24) is 0 Å². The number of halogens is 2. The molecule has 0 aliphatic heterocycles. The van der Waals surface area contributed by atoms with E-state index >= 15 is 0 Å². The molecule has 0 aromatic heterocycles. The Morgan fingerprint density at radius 3 is 1.47 bits per heavy atom. The molecule has 2 heteroatoms. The van der Waals surface area contributed by atoms with Crippen LogP contribution in [0.15, 0.2) is 60.7 Å². The van der Waals surface area contributed by atoms with Gasteiger partial charge < -0.3 is 0 Å². The minimum Gasteiger partial charge on any atom is -0.250 e. The summed E-state index contributed by atoms with van der Waals surface area (Å²) >= 11 is 0. The first kappa shape index (κ1) is 13.7. The molecule has 0 aliphatic rings. The molecule has 17 heavy (non-hydrogen) atoms. The Hall–Kier alpha value is -1.34. The first-order chi connectivity index (χ1) is 7.77. The van der Waals surface area contributed by atoms with Gasteiger partial charge in [0.2, 0.25) is 0 Å². The lowest BCUT2D eigenvalue weighted by atomic mass is 9.77. The maximum atomic E-state index is 13.4. The second kappa shape index (κ2) is 5.83. The van der Waals surface area contributed by atoms with Crippen LogP contribution in [-0.4, -0.2) is 6.67 Å². The maximum Gasteiger partial charge on any atom is 0.103 e. The molecule has 0 spiro atoms. The molecule has 0 bridgehead atoms. The topological polar surface area (TPSA) is 0 Å². The van der Waals surface area contributed by atoms with Crippen LogP contribution in [0.1, 0.15) is 18.1 Å². The summed E-state index contributed by atoms with van der Waals surface area (Å²) < 4.78 is 13.4. The number of benzene rings is 2. The fourth-order valence-electron chi connectivity index (χ4n) is 1.93. The smallest absolute Gasteiger partial charge is 0.103 e. The number of hydrogen-bond donors (Lipinski definition) is 0. The van der Waals surface area contributed by atoms with Crippen LogP contribution >= 0.6 is 12.4 Å². The van der Waals surface area contributed by atoms with Gasteiger partial charge in [0.1, 0.15) is 6.67 Å². The summed E-state index contributed by atoms with van der Waals surface area (Å²) in [5, 5.41) is 0. The lowest BCUT2D eigenvalue weighted by Gasteiger charge is -2.27. The quantitative estimate of drug-likeness (QED) is 0.758. The Bertz CT molecular complexity index is 399. The van der Waals surface area contributed by atoms with Crippen LogP contribution in [0.5, 0.6) is 0 Å². The van der Waals surface area contributed by atoms with Gasteiger partial charge in [-0.2, -0.15) is 0 Å². The molecule has 2 aromatic rings. The molecule has 0 unspecified atom stereocenters. The van der Waals surface area contributed by atoms with Crippen LogP contribution in [0, 0.1) is 0 Å². The highest BCUT2D eigenvalue weighted by molar-refractivity contribution is 5.85. The van der Waals surface area contributed by atoms with Crippen molar-refractivity contribution in [2.24, 2.45) is 0 Å². The van der Waals surface area contributed by atoms with Crippen molar-refractivity contribution >= 4 is 12.4 Å². The van der Waals surface area contributed by atoms with Crippen LogP contribution < -0.4 is 0 Å². The molecule has 0 atom stereocenters. The molecule has 0 amide bonds. The fourth-order valence-corrected chi connectivity index (χ4v) is 1.93. The van der Waals surface area contributed by atoms with E-state index in [9.17, 15) is 4.39 Å². The van der Waals surface area contributed by atoms with Crippen molar-refractivity contribution in [3.8, 4) is 0 Å². The average Bonchev–Trinajstić information content (AvgIpc) is 2.40. The van der Waals surface area contributed by atoms with Gasteiger partial charge in [-0.3, -0.25) is 0 Å². The van der Waals surface area contributed by atoms with Crippen molar-refractivity contribution in [3.05, 3.63) is 71.8 Å². The van der Waals surface area contributed by atoms with Gasteiger partial charge in [-0.15, -0.1) is 12.4 Å². The Morgan fingerprint density at radius 2 is 1.18 bits per heavy atom. The predicted molar refractivity (Wildman–Crippen MR) is 72.6 cm³/mol. The summed E-state index contributed by atoms with van der Waals surface area (Å²) in [7, 11) is 0. The zero-order chi connectivity index (χ0) is 11.4. The van der Waals surface area contributed by atoms with Crippen LogP contribution in [0.4, 0.5) is 4.39 Å². The van der Waals surface area contributed by atoms with Gasteiger partial charge in [0, 0.05) is 5.41 Å². The SMILES string of the molecule is CC(CF)(c1ccccc1)c1ccccc1.Cl. The summed E-state index contributed by atoms with van der Waals surface area (Å²) in [6.07, 6.45) is 0. The highest BCUT2D eigenvalue weighted by atomic mass is 35.5. The number of hydrogen-bond acceptors (Lipinski definition) is 0. The second-order valence-electron chi connectivity index (χ2n) is 4.20. The Balaban J connectivity index is 0.00000144. The van der Waals surface area contributed by atoms with Crippen LogP contribution in [0.2, 0.25) is 0 Å². The molecule has 90 valence electrons. The molecule has 2 aromatic carbocycles. The van der Waals surface area contributed by atoms with E-state index in [1.807, 2.05) is 67.6 Å². The molecule has 0 saturated carbocycles. The first-order valence-electron chi connectivity index (χ1n) is 5.44. The number of alkyl halides is 1. The molecule has 0 radical (unpaired) electrons. The van der Waals surface area contributed by atoms with E-state index in [1.165, 1.54) is 0 Å². The third-order valence-corrected chi connectivity index (χ3v) is 3.09. The highest BCUT2D eigenvalue weighted by Gasteiger charge is 2.28. The molecule has 0 fully saturated rings.